The Labute approximate surface area is 77.3 Å². The predicted molar refractivity (Wildman–Crippen MR) is 57.3 cm³/mol. The number of rotatable bonds is 4. The summed E-state index contributed by atoms with van der Waals surface area (Å²) in [6.45, 7) is 11.8. The van der Waals surface area contributed by atoms with E-state index in [4.69, 9.17) is 11.6 Å². The summed E-state index contributed by atoms with van der Waals surface area (Å²) in [6, 6.07) is 1.35. The van der Waals surface area contributed by atoms with E-state index < -0.39 is 8.07 Å². The minimum Gasteiger partial charge on any atom is -0.126 e. The first kappa shape index (κ1) is 11.5. The van der Waals surface area contributed by atoms with Gasteiger partial charge in [-0.05, 0) is 11.8 Å². The molecule has 68 valence electrons. The van der Waals surface area contributed by atoms with Crippen molar-refractivity contribution < 1.29 is 0 Å². The van der Waals surface area contributed by atoms with Crippen LogP contribution in [-0.2, 0) is 0 Å². The monoisotopic (exact) mass is 192 g/mol. The maximum atomic E-state index is 5.94. The molecule has 0 amide bonds. The Hall–Kier alpha value is 0.507. The number of halogens is 1. The van der Waals surface area contributed by atoms with Crippen LogP contribution in [0.4, 0.5) is 0 Å². The summed E-state index contributed by atoms with van der Waals surface area (Å²) in [5.74, 6) is 0.813. The van der Waals surface area contributed by atoms with Gasteiger partial charge in [0, 0.05) is 14.0 Å². The highest BCUT2D eigenvalue weighted by Gasteiger charge is 2.28. The fourth-order valence-corrected chi connectivity index (χ4v) is 4.92. The molecule has 0 radical (unpaired) electrons. The predicted octanol–water partition coefficient (Wildman–Crippen LogP) is 3.98. The molecule has 0 rings (SSSR count). The van der Waals surface area contributed by atoms with Crippen LogP contribution in [0.3, 0.4) is 0 Å². The van der Waals surface area contributed by atoms with Crippen molar-refractivity contribution in [1.29, 1.82) is 0 Å². The van der Waals surface area contributed by atoms with Crippen LogP contribution >= 0.6 is 11.6 Å². The molecule has 0 aromatic carbocycles. The third-order valence-corrected chi connectivity index (χ3v) is 4.69. The highest BCUT2D eigenvalue weighted by molar-refractivity contribution is 6.76. The van der Waals surface area contributed by atoms with Crippen LogP contribution < -0.4 is 0 Å². The molecular formula is C9H21ClSi. The van der Waals surface area contributed by atoms with Crippen molar-refractivity contribution in [1.82, 2.24) is 0 Å². The third kappa shape index (κ3) is 4.86. The lowest BCUT2D eigenvalue weighted by atomic mass is 9.93. The van der Waals surface area contributed by atoms with Gasteiger partial charge in [-0.25, -0.2) is 0 Å². The second kappa shape index (κ2) is 3.95. The summed E-state index contributed by atoms with van der Waals surface area (Å²) in [5.41, 5.74) is 0.395. The minimum atomic E-state index is -0.919. The van der Waals surface area contributed by atoms with E-state index >= 15 is 0 Å². The van der Waals surface area contributed by atoms with Gasteiger partial charge in [-0.2, -0.15) is 0 Å². The van der Waals surface area contributed by atoms with Crippen LogP contribution in [0.2, 0.25) is 25.7 Å². The van der Waals surface area contributed by atoms with Gasteiger partial charge in [0.05, 0.1) is 0 Å². The van der Waals surface area contributed by atoms with E-state index in [2.05, 4.69) is 33.5 Å². The molecule has 1 unspecified atom stereocenters. The Kier molecular flexibility index (Phi) is 4.13. The van der Waals surface area contributed by atoms with E-state index in [0.29, 0.717) is 5.41 Å². The number of hydrogen-bond donors (Lipinski definition) is 0. The van der Waals surface area contributed by atoms with Gasteiger partial charge in [0.1, 0.15) is 0 Å². The SMILES string of the molecule is CCC(C)(CCl)C[Si](C)(C)C. The Balaban J connectivity index is 4.08. The van der Waals surface area contributed by atoms with E-state index in [1.54, 1.807) is 0 Å². The smallest absolute Gasteiger partial charge is 0.0448 e. The molecule has 0 aromatic heterocycles. The Morgan fingerprint density at radius 3 is 1.82 bits per heavy atom. The third-order valence-electron chi connectivity index (χ3n) is 2.13. The van der Waals surface area contributed by atoms with Gasteiger partial charge in [0.25, 0.3) is 0 Å². The van der Waals surface area contributed by atoms with Gasteiger partial charge >= 0.3 is 0 Å². The van der Waals surface area contributed by atoms with Crippen molar-refractivity contribution >= 4 is 19.7 Å². The lowest BCUT2D eigenvalue weighted by molar-refractivity contribution is 0.398. The molecule has 0 nitrogen and oxygen atoms in total. The van der Waals surface area contributed by atoms with Crippen molar-refractivity contribution in [2.45, 2.75) is 46.0 Å². The van der Waals surface area contributed by atoms with Gasteiger partial charge < -0.3 is 0 Å². The summed E-state index contributed by atoms with van der Waals surface area (Å²) in [6.07, 6.45) is 1.21. The quantitative estimate of drug-likeness (QED) is 0.467. The van der Waals surface area contributed by atoms with Crippen LogP contribution in [0.15, 0.2) is 0 Å². The first-order valence-corrected chi connectivity index (χ1v) is 8.63. The Morgan fingerprint density at radius 2 is 1.73 bits per heavy atom. The fourth-order valence-electron chi connectivity index (χ4n) is 1.55. The zero-order valence-corrected chi connectivity index (χ0v) is 10.3. The number of hydrogen-bond acceptors (Lipinski definition) is 0. The van der Waals surface area contributed by atoms with Gasteiger partial charge in [-0.1, -0.05) is 39.5 Å². The largest absolute Gasteiger partial charge is 0.126 e. The fraction of sp³-hybridized carbons (Fsp3) is 1.00. The number of alkyl halides is 1. The first-order chi connectivity index (χ1) is 4.83. The van der Waals surface area contributed by atoms with Crippen molar-refractivity contribution in [2.24, 2.45) is 5.41 Å². The van der Waals surface area contributed by atoms with E-state index in [1.165, 1.54) is 12.5 Å². The molecule has 11 heavy (non-hydrogen) atoms. The molecule has 0 fully saturated rings. The lowest BCUT2D eigenvalue weighted by Gasteiger charge is -2.32. The summed E-state index contributed by atoms with van der Waals surface area (Å²) < 4.78 is 0. The average molecular weight is 193 g/mol. The molecular weight excluding hydrogens is 172 g/mol. The standard InChI is InChI=1S/C9H21ClSi/c1-6-9(2,7-10)8-11(3,4)5/h6-8H2,1-5H3. The molecule has 0 aliphatic carbocycles. The summed E-state index contributed by atoms with van der Waals surface area (Å²) >= 11 is 5.94. The molecule has 0 saturated heterocycles. The van der Waals surface area contributed by atoms with Crippen molar-refractivity contribution in [3.05, 3.63) is 0 Å². The second-order valence-electron chi connectivity index (χ2n) is 5.04. The molecule has 0 aliphatic heterocycles. The molecule has 0 spiro atoms. The zero-order chi connectivity index (χ0) is 9.12. The summed E-state index contributed by atoms with van der Waals surface area (Å²) in [4.78, 5) is 0. The highest BCUT2D eigenvalue weighted by atomic mass is 35.5. The van der Waals surface area contributed by atoms with Crippen LogP contribution in [0.5, 0.6) is 0 Å². The van der Waals surface area contributed by atoms with Crippen LogP contribution in [-0.4, -0.2) is 14.0 Å². The van der Waals surface area contributed by atoms with Gasteiger partial charge in [-0.15, -0.1) is 11.6 Å². The van der Waals surface area contributed by atoms with Crippen molar-refractivity contribution in [3.63, 3.8) is 0 Å². The zero-order valence-electron chi connectivity index (χ0n) is 8.50. The lowest BCUT2D eigenvalue weighted by Crippen LogP contribution is -2.31. The van der Waals surface area contributed by atoms with Crippen molar-refractivity contribution in [2.75, 3.05) is 5.88 Å². The minimum absolute atomic E-state index is 0.395. The van der Waals surface area contributed by atoms with Crippen LogP contribution in [0, 0.1) is 5.41 Å². The highest BCUT2D eigenvalue weighted by Crippen LogP contribution is 2.33. The van der Waals surface area contributed by atoms with E-state index in [9.17, 15) is 0 Å². The van der Waals surface area contributed by atoms with Gasteiger partial charge in [0.15, 0.2) is 0 Å². The van der Waals surface area contributed by atoms with E-state index in [0.717, 1.165) is 5.88 Å². The molecule has 2 heteroatoms. The van der Waals surface area contributed by atoms with Gasteiger partial charge in [0.2, 0.25) is 0 Å². The molecule has 1 atom stereocenters. The Morgan fingerprint density at radius 1 is 1.27 bits per heavy atom. The van der Waals surface area contributed by atoms with E-state index in [1.807, 2.05) is 0 Å². The van der Waals surface area contributed by atoms with E-state index in [-0.39, 0.29) is 0 Å². The van der Waals surface area contributed by atoms with Crippen LogP contribution in [0.25, 0.3) is 0 Å². The normalized spacial score (nSPS) is 18.0. The molecule has 0 N–H and O–H groups in total. The molecule has 0 bridgehead atoms. The molecule has 0 aromatic rings. The summed E-state index contributed by atoms with van der Waals surface area (Å²) in [5, 5.41) is 0. The van der Waals surface area contributed by atoms with Crippen molar-refractivity contribution in [3.8, 4) is 0 Å². The second-order valence-corrected chi connectivity index (χ2v) is 10.8. The Bertz CT molecular complexity index is 111. The molecule has 0 saturated carbocycles. The van der Waals surface area contributed by atoms with Crippen LogP contribution in [0.1, 0.15) is 20.3 Å². The topological polar surface area (TPSA) is 0 Å². The molecule has 0 heterocycles. The van der Waals surface area contributed by atoms with Gasteiger partial charge in [-0.3, -0.25) is 0 Å². The summed E-state index contributed by atoms with van der Waals surface area (Å²) in [7, 11) is -0.919. The maximum absolute atomic E-state index is 5.94. The first-order valence-electron chi connectivity index (χ1n) is 4.39. The maximum Gasteiger partial charge on any atom is 0.0448 e. The molecule has 0 aliphatic rings. The average Bonchev–Trinajstić information content (AvgIpc) is 1.84.